The SMILES string of the molecule is CC(=O)c1ccc(-c2ccc(C(=O)O[C@H](C)C(=O)Nc3ccc(C)cc3)o2)cc1. The highest BCUT2D eigenvalue weighted by Gasteiger charge is 2.21. The largest absolute Gasteiger partial charge is 0.449 e. The standard InChI is InChI=1S/C23H21NO5/c1-14-4-10-19(11-5-14)24-22(26)16(3)28-23(27)21-13-12-20(29-21)18-8-6-17(7-9-18)15(2)25/h4-13,16H,1-3H3,(H,24,26)/t16-/m1/s1. The van der Waals surface area contributed by atoms with Gasteiger partial charge in [-0.25, -0.2) is 4.79 Å². The smallest absolute Gasteiger partial charge is 0.375 e. The fourth-order valence-electron chi connectivity index (χ4n) is 2.62. The summed E-state index contributed by atoms with van der Waals surface area (Å²) in [7, 11) is 0. The van der Waals surface area contributed by atoms with Crippen LogP contribution in [-0.2, 0) is 9.53 Å². The Morgan fingerprint density at radius 3 is 2.21 bits per heavy atom. The molecule has 29 heavy (non-hydrogen) atoms. The van der Waals surface area contributed by atoms with Gasteiger partial charge in [0.25, 0.3) is 5.91 Å². The number of esters is 1. The van der Waals surface area contributed by atoms with E-state index in [4.69, 9.17) is 9.15 Å². The van der Waals surface area contributed by atoms with Crippen LogP contribution >= 0.6 is 0 Å². The second-order valence-electron chi connectivity index (χ2n) is 6.70. The van der Waals surface area contributed by atoms with Crippen molar-refractivity contribution in [1.82, 2.24) is 0 Å². The first-order valence-electron chi connectivity index (χ1n) is 9.13. The summed E-state index contributed by atoms with van der Waals surface area (Å²) in [5.74, 6) is -0.746. The van der Waals surface area contributed by atoms with Crippen molar-refractivity contribution >= 4 is 23.3 Å². The van der Waals surface area contributed by atoms with E-state index in [0.29, 0.717) is 17.0 Å². The van der Waals surface area contributed by atoms with Gasteiger partial charge in [0.05, 0.1) is 0 Å². The van der Waals surface area contributed by atoms with Crippen LogP contribution in [0.25, 0.3) is 11.3 Å². The van der Waals surface area contributed by atoms with Gasteiger partial charge in [0.1, 0.15) is 5.76 Å². The number of aryl methyl sites for hydroxylation is 1. The highest BCUT2D eigenvalue weighted by Crippen LogP contribution is 2.23. The van der Waals surface area contributed by atoms with E-state index in [1.165, 1.54) is 19.9 Å². The van der Waals surface area contributed by atoms with E-state index in [-0.39, 0.29) is 11.5 Å². The summed E-state index contributed by atoms with van der Waals surface area (Å²) in [6.07, 6.45) is -0.993. The average Bonchev–Trinajstić information content (AvgIpc) is 3.20. The van der Waals surface area contributed by atoms with Crippen LogP contribution < -0.4 is 5.32 Å². The first kappa shape index (κ1) is 20.1. The van der Waals surface area contributed by atoms with Gasteiger partial charge in [0.15, 0.2) is 11.9 Å². The third-order valence-corrected chi connectivity index (χ3v) is 4.36. The molecule has 1 heterocycles. The molecule has 6 nitrogen and oxygen atoms in total. The van der Waals surface area contributed by atoms with Crippen LogP contribution in [0.3, 0.4) is 0 Å². The Morgan fingerprint density at radius 2 is 1.59 bits per heavy atom. The average molecular weight is 391 g/mol. The number of carbonyl (C=O) groups is 3. The van der Waals surface area contributed by atoms with Gasteiger partial charge in [-0.15, -0.1) is 0 Å². The van der Waals surface area contributed by atoms with Crippen LogP contribution in [0, 0.1) is 6.92 Å². The lowest BCUT2D eigenvalue weighted by atomic mass is 10.1. The number of rotatable bonds is 6. The summed E-state index contributed by atoms with van der Waals surface area (Å²) < 4.78 is 10.8. The molecule has 1 N–H and O–H groups in total. The minimum Gasteiger partial charge on any atom is -0.449 e. The molecule has 0 radical (unpaired) electrons. The normalized spacial score (nSPS) is 11.6. The van der Waals surface area contributed by atoms with Crippen molar-refractivity contribution in [2.45, 2.75) is 26.9 Å². The molecule has 2 aromatic carbocycles. The quantitative estimate of drug-likeness (QED) is 0.489. The number of ketones is 1. The van der Waals surface area contributed by atoms with Crippen molar-refractivity contribution in [3.05, 3.63) is 77.6 Å². The summed E-state index contributed by atoms with van der Waals surface area (Å²) in [6.45, 7) is 4.93. The predicted molar refractivity (Wildman–Crippen MR) is 109 cm³/mol. The van der Waals surface area contributed by atoms with E-state index in [0.717, 1.165) is 11.1 Å². The Balaban J connectivity index is 1.62. The number of hydrogen-bond acceptors (Lipinski definition) is 5. The van der Waals surface area contributed by atoms with Crippen LogP contribution in [0.4, 0.5) is 5.69 Å². The number of amides is 1. The van der Waals surface area contributed by atoms with Crippen LogP contribution in [-0.4, -0.2) is 23.8 Å². The second kappa shape index (κ2) is 8.56. The maximum atomic E-state index is 12.3. The number of nitrogens with one attached hydrogen (secondary N) is 1. The van der Waals surface area contributed by atoms with Gasteiger partial charge < -0.3 is 14.5 Å². The number of Topliss-reactive ketones (excluding diaryl/α,β-unsaturated/α-hetero) is 1. The zero-order chi connectivity index (χ0) is 21.0. The Kier molecular flexibility index (Phi) is 5.93. The van der Waals surface area contributed by atoms with Crippen molar-refractivity contribution in [1.29, 1.82) is 0 Å². The Labute approximate surface area is 168 Å². The Bertz CT molecular complexity index is 1030. The molecule has 0 aliphatic heterocycles. The summed E-state index contributed by atoms with van der Waals surface area (Å²) >= 11 is 0. The van der Waals surface area contributed by atoms with Crippen molar-refractivity contribution < 1.29 is 23.5 Å². The Hall–Kier alpha value is -3.67. The molecule has 3 rings (SSSR count). The van der Waals surface area contributed by atoms with Crippen LogP contribution in [0.2, 0.25) is 0 Å². The van der Waals surface area contributed by atoms with Crippen LogP contribution in [0.15, 0.2) is 65.1 Å². The lowest BCUT2D eigenvalue weighted by molar-refractivity contribution is -0.123. The topological polar surface area (TPSA) is 85.6 Å². The highest BCUT2D eigenvalue weighted by molar-refractivity contribution is 5.97. The summed E-state index contributed by atoms with van der Waals surface area (Å²) in [5.41, 5.74) is 3.01. The third kappa shape index (κ3) is 4.99. The summed E-state index contributed by atoms with van der Waals surface area (Å²) in [6, 6.07) is 17.3. The third-order valence-electron chi connectivity index (χ3n) is 4.36. The zero-order valence-corrected chi connectivity index (χ0v) is 16.4. The number of furan rings is 1. The van der Waals surface area contributed by atoms with Gasteiger partial charge >= 0.3 is 5.97 Å². The van der Waals surface area contributed by atoms with Gasteiger partial charge in [-0.1, -0.05) is 42.0 Å². The molecule has 0 saturated carbocycles. The van der Waals surface area contributed by atoms with Crippen molar-refractivity contribution in [3.8, 4) is 11.3 Å². The van der Waals surface area contributed by atoms with E-state index >= 15 is 0 Å². The van der Waals surface area contributed by atoms with Gasteiger partial charge in [-0.2, -0.15) is 0 Å². The number of hydrogen-bond donors (Lipinski definition) is 1. The van der Waals surface area contributed by atoms with Gasteiger partial charge in [-0.05, 0) is 45.0 Å². The molecule has 0 aliphatic carbocycles. The molecule has 148 valence electrons. The van der Waals surface area contributed by atoms with Crippen molar-refractivity contribution in [3.63, 3.8) is 0 Å². The highest BCUT2D eigenvalue weighted by atomic mass is 16.6. The van der Waals surface area contributed by atoms with Gasteiger partial charge in [0, 0.05) is 16.8 Å². The maximum absolute atomic E-state index is 12.3. The van der Waals surface area contributed by atoms with Gasteiger partial charge in [-0.3, -0.25) is 9.59 Å². The van der Waals surface area contributed by atoms with Crippen molar-refractivity contribution in [2.75, 3.05) is 5.32 Å². The zero-order valence-electron chi connectivity index (χ0n) is 16.4. The molecule has 0 spiro atoms. The fourth-order valence-corrected chi connectivity index (χ4v) is 2.62. The maximum Gasteiger partial charge on any atom is 0.375 e. The number of ether oxygens (including phenoxy) is 1. The monoisotopic (exact) mass is 391 g/mol. The summed E-state index contributed by atoms with van der Waals surface area (Å²) in [4.78, 5) is 35.9. The minimum absolute atomic E-state index is 0.00868. The van der Waals surface area contributed by atoms with E-state index in [2.05, 4.69) is 5.32 Å². The summed E-state index contributed by atoms with van der Waals surface area (Å²) in [5, 5.41) is 2.70. The van der Waals surface area contributed by atoms with E-state index < -0.39 is 18.0 Å². The molecule has 1 aromatic heterocycles. The fraction of sp³-hybridized carbons (Fsp3) is 0.174. The van der Waals surface area contributed by atoms with Gasteiger partial charge in [0.2, 0.25) is 5.76 Å². The van der Waals surface area contributed by atoms with Crippen LogP contribution in [0.1, 0.15) is 40.3 Å². The number of carbonyl (C=O) groups excluding carboxylic acids is 3. The minimum atomic E-state index is -0.993. The van der Waals surface area contributed by atoms with E-state index in [9.17, 15) is 14.4 Å². The molecule has 0 fully saturated rings. The predicted octanol–water partition coefficient (Wildman–Crippen LogP) is 4.64. The molecule has 0 aliphatic rings. The van der Waals surface area contributed by atoms with Crippen molar-refractivity contribution in [2.24, 2.45) is 0 Å². The second-order valence-corrected chi connectivity index (χ2v) is 6.70. The number of anilines is 1. The lowest BCUT2D eigenvalue weighted by Crippen LogP contribution is -2.29. The molecule has 0 saturated heterocycles. The molecule has 0 unspecified atom stereocenters. The molecule has 3 aromatic rings. The molecule has 0 bridgehead atoms. The first-order valence-corrected chi connectivity index (χ1v) is 9.13. The first-order chi connectivity index (χ1) is 13.8. The number of benzene rings is 2. The molecular formula is C23H21NO5. The van der Waals surface area contributed by atoms with Crippen LogP contribution in [0.5, 0.6) is 0 Å². The lowest BCUT2D eigenvalue weighted by Gasteiger charge is -2.12. The van der Waals surface area contributed by atoms with E-state index in [1.807, 2.05) is 19.1 Å². The molecule has 1 amide bonds. The molecular weight excluding hydrogens is 370 g/mol. The van der Waals surface area contributed by atoms with E-state index in [1.54, 1.807) is 42.5 Å². The molecule has 1 atom stereocenters. The molecule has 6 heteroatoms. The Morgan fingerprint density at radius 1 is 0.931 bits per heavy atom.